The van der Waals surface area contributed by atoms with E-state index in [1.807, 2.05) is 0 Å². The molecule has 0 radical (unpaired) electrons. The number of nitrogens with one attached hydrogen (secondary N) is 2. The summed E-state index contributed by atoms with van der Waals surface area (Å²) in [5.74, 6) is -1.88. The molecule has 1 aromatic heterocycles. The Bertz CT molecular complexity index is 1770. The Morgan fingerprint density at radius 1 is 1.05 bits per heavy atom. The normalized spacial score (nSPS) is 13.9. The topological polar surface area (TPSA) is 152 Å². The van der Waals surface area contributed by atoms with Crippen molar-refractivity contribution in [3.05, 3.63) is 94.6 Å². The molecule has 0 unspecified atom stereocenters. The fourth-order valence-electron chi connectivity index (χ4n) is 4.62. The highest BCUT2D eigenvalue weighted by molar-refractivity contribution is 7.89. The van der Waals surface area contributed by atoms with E-state index in [4.69, 9.17) is 21.1 Å². The summed E-state index contributed by atoms with van der Waals surface area (Å²) in [5.41, 5.74) is 0.845. The first-order chi connectivity index (χ1) is 21.1. The van der Waals surface area contributed by atoms with Gasteiger partial charge in [0.2, 0.25) is 15.9 Å². The number of carboxylic acids is 1. The summed E-state index contributed by atoms with van der Waals surface area (Å²) in [4.78, 5) is 26.7. The molecule has 0 saturated carbocycles. The van der Waals surface area contributed by atoms with Gasteiger partial charge in [-0.25, -0.2) is 17.9 Å². The van der Waals surface area contributed by atoms with Crippen molar-refractivity contribution in [1.29, 1.82) is 0 Å². The van der Waals surface area contributed by atoms with Crippen LogP contribution in [0.2, 0.25) is 5.02 Å². The Morgan fingerprint density at radius 3 is 2.45 bits per heavy atom. The molecule has 0 spiro atoms. The van der Waals surface area contributed by atoms with Crippen molar-refractivity contribution < 1.29 is 32.6 Å². The standard InChI is InChI=1S/C30H30ClN5O7S/c1-20-27(30(38)39)34-36(22-7-3-2-4-8-22)29(20)43-25-12-11-21(33-28(37)23-9-5-6-10-24(23)31)19-26(25)44(40,41)32-13-14-35-15-17-42-18-16-35/h2-12,19,32H,13-18H2,1H3,(H,33,37)(H,38,39). The molecule has 1 aliphatic rings. The average molecular weight is 640 g/mol. The summed E-state index contributed by atoms with van der Waals surface area (Å²) in [6, 6.07) is 19.3. The SMILES string of the molecule is Cc1c(C(=O)O)nn(-c2ccccc2)c1Oc1ccc(NC(=O)c2ccccc2Cl)cc1S(=O)(=O)NCCN1CCOCC1. The van der Waals surface area contributed by atoms with Crippen LogP contribution in [0.3, 0.4) is 0 Å². The van der Waals surface area contributed by atoms with E-state index in [-0.39, 0.29) is 50.6 Å². The molecule has 3 aromatic carbocycles. The first kappa shape index (κ1) is 31.2. The Labute approximate surface area is 259 Å². The van der Waals surface area contributed by atoms with Gasteiger partial charge in [0.1, 0.15) is 10.6 Å². The number of nitrogens with zero attached hydrogens (tertiary/aromatic N) is 3. The minimum Gasteiger partial charge on any atom is -0.476 e. The molecule has 12 nitrogen and oxygen atoms in total. The summed E-state index contributed by atoms with van der Waals surface area (Å²) in [7, 11) is -4.20. The van der Waals surface area contributed by atoms with Gasteiger partial charge in [-0.05, 0) is 49.4 Å². The van der Waals surface area contributed by atoms with Gasteiger partial charge < -0.3 is 19.9 Å². The minimum atomic E-state index is -4.20. The maximum atomic E-state index is 13.7. The zero-order chi connectivity index (χ0) is 31.3. The predicted octanol–water partition coefficient (Wildman–Crippen LogP) is 4.19. The molecular weight excluding hydrogens is 610 g/mol. The zero-order valence-corrected chi connectivity index (χ0v) is 25.3. The zero-order valence-electron chi connectivity index (χ0n) is 23.7. The van der Waals surface area contributed by atoms with Crippen molar-refractivity contribution in [3.8, 4) is 17.3 Å². The number of amides is 1. The van der Waals surface area contributed by atoms with Crippen LogP contribution in [0.25, 0.3) is 5.69 Å². The van der Waals surface area contributed by atoms with E-state index < -0.39 is 21.9 Å². The molecule has 0 bridgehead atoms. The summed E-state index contributed by atoms with van der Waals surface area (Å²) < 4.78 is 42.9. The van der Waals surface area contributed by atoms with Gasteiger partial charge >= 0.3 is 5.97 Å². The van der Waals surface area contributed by atoms with E-state index in [1.54, 1.807) is 54.6 Å². The van der Waals surface area contributed by atoms with Gasteiger partial charge in [-0.1, -0.05) is 41.9 Å². The molecule has 230 valence electrons. The number of carbonyl (C=O) groups excluding carboxylic acids is 1. The minimum absolute atomic E-state index is 0.0196. The van der Waals surface area contributed by atoms with E-state index in [2.05, 4.69) is 20.0 Å². The summed E-state index contributed by atoms with van der Waals surface area (Å²) >= 11 is 6.18. The average Bonchev–Trinajstić information content (AvgIpc) is 3.34. The number of anilines is 1. The molecule has 1 aliphatic heterocycles. The van der Waals surface area contributed by atoms with E-state index >= 15 is 0 Å². The maximum absolute atomic E-state index is 13.7. The fraction of sp³-hybridized carbons (Fsp3) is 0.233. The maximum Gasteiger partial charge on any atom is 0.356 e. The van der Waals surface area contributed by atoms with Crippen molar-refractivity contribution in [2.24, 2.45) is 0 Å². The predicted molar refractivity (Wildman–Crippen MR) is 164 cm³/mol. The summed E-state index contributed by atoms with van der Waals surface area (Å²) in [6.45, 7) is 4.63. The van der Waals surface area contributed by atoms with Crippen molar-refractivity contribution >= 4 is 39.2 Å². The lowest BCUT2D eigenvalue weighted by atomic mass is 10.2. The Morgan fingerprint density at radius 2 is 1.75 bits per heavy atom. The van der Waals surface area contributed by atoms with Crippen LogP contribution in [-0.4, -0.2) is 79.5 Å². The molecule has 2 heterocycles. The van der Waals surface area contributed by atoms with Gasteiger partial charge in [-0.2, -0.15) is 9.78 Å². The van der Waals surface area contributed by atoms with Crippen LogP contribution in [-0.2, 0) is 14.8 Å². The highest BCUT2D eigenvalue weighted by Gasteiger charge is 2.27. The van der Waals surface area contributed by atoms with Crippen LogP contribution >= 0.6 is 11.6 Å². The third kappa shape index (κ3) is 7.09. The fourth-order valence-corrected chi connectivity index (χ4v) is 6.01. The van der Waals surface area contributed by atoms with Crippen LogP contribution in [0.15, 0.2) is 77.7 Å². The molecule has 44 heavy (non-hydrogen) atoms. The second kappa shape index (κ2) is 13.6. The Balaban J connectivity index is 1.51. The highest BCUT2D eigenvalue weighted by Crippen LogP contribution is 2.35. The Hall–Kier alpha value is -4.27. The number of para-hydroxylation sites is 1. The van der Waals surface area contributed by atoms with Crippen LogP contribution in [0.4, 0.5) is 5.69 Å². The lowest BCUT2D eigenvalue weighted by Crippen LogP contribution is -2.41. The monoisotopic (exact) mass is 639 g/mol. The van der Waals surface area contributed by atoms with Crippen molar-refractivity contribution in [1.82, 2.24) is 19.4 Å². The van der Waals surface area contributed by atoms with Crippen LogP contribution in [0, 0.1) is 6.92 Å². The first-order valence-corrected chi connectivity index (χ1v) is 15.6. The van der Waals surface area contributed by atoms with Gasteiger partial charge in [0.25, 0.3) is 5.91 Å². The van der Waals surface area contributed by atoms with Gasteiger partial charge in [-0.15, -0.1) is 0 Å². The van der Waals surface area contributed by atoms with Gasteiger partial charge in [0.05, 0.1) is 29.5 Å². The third-order valence-electron chi connectivity index (χ3n) is 6.91. The first-order valence-electron chi connectivity index (χ1n) is 13.7. The number of benzene rings is 3. The van der Waals surface area contributed by atoms with E-state index in [0.29, 0.717) is 38.5 Å². The summed E-state index contributed by atoms with van der Waals surface area (Å²) in [5, 5.41) is 16.9. The molecule has 14 heteroatoms. The van der Waals surface area contributed by atoms with Crippen molar-refractivity contribution in [2.45, 2.75) is 11.8 Å². The van der Waals surface area contributed by atoms with Gasteiger partial charge in [-0.3, -0.25) is 9.69 Å². The number of hydrogen-bond acceptors (Lipinski definition) is 8. The largest absolute Gasteiger partial charge is 0.476 e. The number of rotatable bonds is 11. The van der Waals surface area contributed by atoms with Gasteiger partial charge in [0.15, 0.2) is 5.69 Å². The molecule has 5 rings (SSSR count). The number of aromatic carboxylic acids is 1. The lowest BCUT2D eigenvalue weighted by Gasteiger charge is -2.26. The van der Waals surface area contributed by atoms with Crippen LogP contribution in [0.5, 0.6) is 11.6 Å². The van der Waals surface area contributed by atoms with Crippen molar-refractivity contribution in [2.75, 3.05) is 44.7 Å². The van der Waals surface area contributed by atoms with E-state index in [1.165, 1.54) is 29.8 Å². The number of hydrogen-bond donors (Lipinski definition) is 3. The number of carbonyl (C=O) groups is 2. The number of sulfonamides is 1. The number of aromatic nitrogens is 2. The number of halogens is 1. The van der Waals surface area contributed by atoms with Crippen molar-refractivity contribution in [3.63, 3.8) is 0 Å². The second-order valence-electron chi connectivity index (χ2n) is 9.88. The molecular formula is C30H30ClN5O7S. The molecule has 1 saturated heterocycles. The molecule has 0 aliphatic carbocycles. The smallest absolute Gasteiger partial charge is 0.356 e. The highest BCUT2D eigenvalue weighted by atomic mass is 35.5. The number of morpholine rings is 1. The Kier molecular flexibility index (Phi) is 9.61. The summed E-state index contributed by atoms with van der Waals surface area (Å²) in [6.07, 6.45) is 0. The number of ether oxygens (including phenoxy) is 2. The van der Waals surface area contributed by atoms with Crippen LogP contribution < -0.4 is 14.8 Å². The molecule has 1 amide bonds. The van der Waals surface area contributed by atoms with Crippen LogP contribution in [0.1, 0.15) is 26.4 Å². The molecule has 4 aromatic rings. The second-order valence-corrected chi connectivity index (χ2v) is 12.0. The van der Waals surface area contributed by atoms with Gasteiger partial charge in [0, 0.05) is 37.4 Å². The third-order valence-corrected chi connectivity index (χ3v) is 8.72. The number of carboxylic acid groups (broad SMARTS) is 1. The molecule has 1 fully saturated rings. The van der Waals surface area contributed by atoms with E-state index in [9.17, 15) is 23.1 Å². The molecule has 0 atom stereocenters. The van der Waals surface area contributed by atoms with E-state index in [0.717, 1.165) is 0 Å². The molecule has 3 N–H and O–H groups in total. The lowest BCUT2D eigenvalue weighted by molar-refractivity contribution is 0.0390. The quantitative estimate of drug-likeness (QED) is 0.219.